The van der Waals surface area contributed by atoms with Gasteiger partial charge in [0.25, 0.3) is 0 Å². The molecule has 0 unspecified atom stereocenters. The van der Waals surface area contributed by atoms with Gasteiger partial charge in [0, 0.05) is 0 Å². The van der Waals surface area contributed by atoms with E-state index in [1.807, 2.05) is 0 Å². The van der Waals surface area contributed by atoms with Gasteiger partial charge in [0.15, 0.2) is 0 Å². The van der Waals surface area contributed by atoms with Crippen molar-refractivity contribution in [2.24, 2.45) is 0 Å². The summed E-state index contributed by atoms with van der Waals surface area (Å²) in [5, 5.41) is 0. The SMILES string of the molecule is O.O.O=P(O)(O)O.[KH]. The molecule has 0 bridgehead atoms. The van der Waals surface area contributed by atoms with Gasteiger partial charge in [-0.1, -0.05) is 0 Å². The third-order valence-corrected chi connectivity index (χ3v) is 0. The van der Waals surface area contributed by atoms with Crippen molar-refractivity contribution < 1.29 is 30.2 Å². The number of hydrogen-bond acceptors (Lipinski definition) is 1. The molecule has 0 aliphatic rings. The van der Waals surface area contributed by atoms with Gasteiger partial charge in [0.2, 0.25) is 0 Å². The van der Waals surface area contributed by atoms with Gasteiger partial charge in [-0.15, -0.1) is 0 Å². The number of rotatable bonds is 0. The molecule has 0 aromatic rings. The fourth-order valence-electron chi connectivity index (χ4n) is 0. The van der Waals surface area contributed by atoms with Crippen LogP contribution in [0.2, 0.25) is 0 Å². The van der Waals surface area contributed by atoms with Crippen LogP contribution >= 0.6 is 7.82 Å². The summed E-state index contributed by atoms with van der Waals surface area (Å²) in [5.41, 5.74) is 0. The standard InChI is InChI=1S/K.H3O4P.2H2O.H/c;1-5(2,3)4;;;/h;(H3,1,2,3,4);2*1H2;. The Kier molecular flexibility index (Phi) is 24.5. The average Bonchev–Trinajstić information content (AvgIpc) is 0.722. The first-order valence-electron chi connectivity index (χ1n) is 0.783. The molecule has 6 nitrogen and oxygen atoms in total. The minimum atomic E-state index is -4.64. The zero-order valence-electron chi connectivity index (χ0n) is 3.20. The molecule has 0 radical (unpaired) electrons. The van der Waals surface area contributed by atoms with Gasteiger partial charge >= 0.3 is 59.2 Å². The molecule has 0 rings (SSSR count). The van der Waals surface area contributed by atoms with Crippen molar-refractivity contribution in [3.8, 4) is 0 Å². The summed E-state index contributed by atoms with van der Waals surface area (Å²) < 4.78 is 8.88. The van der Waals surface area contributed by atoms with Gasteiger partial charge in [-0.2, -0.15) is 0 Å². The van der Waals surface area contributed by atoms with Crippen LogP contribution in [0, 0.1) is 0 Å². The Bertz CT molecular complexity index is 54.7. The fourth-order valence-corrected chi connectivity index (χ4v) is 0. The fraction of sp³-hybridized carbons (Fsp3) is 0. The topological polar surface area (TPSA) is 141 Å². The van der Waals surface area contributed by atoms with E-state index in [-0.39, 0.29) is 62.3 Å². The molecule has 0 atom stereocenters. The minimum absolute atomic E-state index is 0. The number of phosphoric acid groups is 1. The second kappa shape index (κ2) is 8.67. The van der Waals surface area contributed by atoms with Crippen molar-refractivity contribution in [1.29, 1.82) is 0 Å². The van der Waals surface area contributed by atoms with E-state index < -0.39 is 7.82 Å². The molecule has 0 aromatic carbocycles. The predicted molar refractivity (Wildman–Crippen MR) is 28.6 cm³/mol. The van der Waals surface area contributed by atoms with Crippen molar-refractivity contribution in [1.82, 2.24) is 0 Å². The Morgan fingerprint density at radius 1 is 1.00 bits per heavy atom. The Morgan fingerprint density at radius 2 is 1.00 bits per heavy atom. The third-order valence-electron chi connectivity index (χ3n) is 0. The predicted octanol–water partition coefficient (Wildman–Crippen LogP) is -3.23. The van der Waals surface area contributed by atoms with E-state index in [0.717, 1.165) is 0 Å². The summed E-state index contributed by atoms with van der Waals surface area (Å²) >= 11 is 0. The van der Waals surface area contributed by atoms with Gasteiger partial charge < -0.3 is 25.6 Å². The number of hydrogen-bond donors (Lipinski definition) is 3. The molecule has 0 saturated carbocycles. The van der Waals surface area contributed by atoms with E-state index in [1.165, 1.54) is 0 Å². The van der Waals surface area contributed by atoms with E-state index in [0.29, 0.717) is 0 Å². The van der Waals surface area contributed by atoms with Gasteiger partial charge in [0.05, 0.1) is 0 Å². The Morgan fingerprint density at radius 3 is 1.00 bits per heavy atom. The van der Waals surface area contributed by atoms with Crippen LogP contribution in [0.1, 0.15) is 0 Å². The average molecular weight is 174 g/mol. The molecule has 0 aliphatic heterocycles. The van der Waals surface area contributed by atoms with Gasteiger partial charge in [-0.05, 0) is 0 Å². The molecular weight excluding hydrogens is 166 g/mol. The van der Waals surface area contributed by atoms with Crippen molar-refractivity contribution in [2.75, 3.05) is 0 Å². The van der Waals surface area contributed by atoms with E-state index in [2.05, 4.69) is 0 Å². The van der Waals surface area contributed by atoms with Crippen LogP contribution in [0.3, 0.4) is 0 Å². The summed E-state index contributed by atoms with van der Waals surface area (Å²) in [6.07, 6.45) is 0. The molecule has 50 valence electrons. The van der Waals surface area contributed by atoms with Crippen molar-refractivity contribution >= 4 is 59.2 Å². The first-order valence-corrected chi connectivity index (χ1v) is 2.35. The van der Waals surface area contributed by atoms with Crippen LogP contribution in [-0.4, -0.2) is 77.0 Å². The molecule has 8 heteroatoms. The molecule has 0 aromatic heterocycles. The first-order chi connectivity index (χ1) is 2.00. The normalized spacial score (nSPS) is 7.38. The summed E-state index contributed by atoms with van der Waals surface area (Å²) in [6.45, 7) is 0. The Labute approximate surface area is 88.2 Å². The zero-order chi connectivity index (χ0) is 4.50. The van der Waals surface area contributed by atoms with Crippen LogP contribution in [0.5, 0.6) is 0 Å². The summed E-state index contributed by atoms with van der Waals surface area (Å²) in [6, 6.07) is 0. The molecule has 0 heterocycles. The van der Waals surface area contributed by atoms with E-state index in [9.17, 15) is 0 Å². The van der Waals surface area contributed by atoms with Crippen LogP contribution < -0.4 is 0 Å². The molecule has 0 spiro atoms. The molecule has 8 heavy (non-hydrogen) atoms. The Hall–Kier alpha value is 1.67. The molecule has 0 fully saturated rings. The molecular formula is H8KO6P. The summed E-state index contributed by atoms with van der Waals surface area (Å²) in [7, 11) is -4.64. The maximum absolute atomic E-state index is 8.88. The van der Waals surface area contributed by atoms with Gasteiger partial charge in [0.1, 0.15) is 0 Å². The van der Waals surface area contributed by atoms with E-state index in [1.54, 1.807) is 0 Å². The van der Waals surface area contributed by atoms with Crippen LogP contribution in [0.15, 0.2) is 0 Å². The zero-order valence-corrected chi connectivity index (χ0v) is 4.09. The van der Waals surface area contributed by atoms with Gasteiger partial charge in [-0.3, -0.25) is 0 Å². The molecule has 7 N–H and O–H groups in total. The van der Waals surface area contributed by atoms with Crippen LogP contribution in [0.25, 0.3) is 0 Å². The van der Waals surface area contributed by atoms with E-state index >= 15 is 0 Å². The third kappa shape index (κ3) is 123. The summed E-state index contributed by atoms with van der Waals surface area (Å²) in [5.74, 6) is 0. The van der Waals surface area contributed by atoms with Crippen molar-refractivity contribution in [2.45, 2.75) is 0 Å². The Balaban J connectivity index is -0.0000000267. The second-order valence-corrected chi connectivity index (χ2v) is 1.54. The molecule has 0 aliphatic carbocycles. The van der Waals surface area contributed by atoms with Crippen LogP contribution in [-0.2, 0) is 4.57 Å². The second-order valence-electron chi connectivity index (χ2n) is 0.513. The monoisotopic (exact) mass is 174 g/mol. The molecule has 0 amide bonds. The van der Waals surface area contributed by atoms with E-state index in [4.69, 9.17) is 19.2 Å². The summed E-state index contributed by atoms with van der Waals surface area (Å²) in [4.78, 5) is 21.6. The van der Waals surface area contributed by atoms with Crippen molar-refractivity contribution in [3.05, 3.63) is 0 Å². The first kappa shape index (κ1) is 22.6. The quantitative estimate of drug-likeness (QED) is 0.262. The van der Waals surface area contributed by atoms with Crippen molar-refractivity contribution in [3.63, 3.8) is 0 Å². The van der Waals surface area contributed by atoms with Gasteiger partial charge in [-0.25, -0.2) is 4.57 Å². The maximum atomic E-state index is 8.88. The molecule has 0 saturated heterocycles. The van der Waals surface area contributed by atoms with Crippen LogP contribution in [0.4, 0.5) is 0 Å².